The van der Waals surface area contributed by atoms with Crippen molar-refractivity contribution in [1.29, 1.82) is 0 Å². The second kappa shape index (κ2) is 7.98. The smallest absolute Gasteiger partial charge is 0.255 e. The predicted octanol–water partition coefficient (Wildman–Crippen LogP) is 4.37. The number of amides is 1. The van der Waals surface area contributed by atoms with E-state index in [0.29, 0.717) is 41.6 Å². The van der Waals surface area contributed by atoms with E-state index in [1.165, 1.54) is 13.2 Å². The number of carbonyl (C=O) groups excluding carboxylic acids is 1. The fourth-order valence-corrected chi connectivity index (χ4v) is 4.90. The number of benzene rings is 1. The van der Waals surface area contributed by atoms with Crippen LogP contribution in [0.1, 0.15) is 42.2 Å². The lowest BCUT2D eigenvalue weighted by Crippen LogP contribution is -2.50. The fraction of sp³-hybridized carbons (Fsp3) is 0.385. The molecular weight excluding hydrogens is 451 g/mol. The van der Waals surface area contributed by atoms with Gasteiger partial charge < -0.3 is 29.8 Å². The summed E-state index contributed by atoms with van der Waals surface area (Å²) in [4.78, 5) is 20.8. The maximum absolute atomic E-state index is 14.4. The quantitative estimate of drug-likeness (QED) is 0.467. The molecule has 0 bridgehead atoms. The Balaban J connectivity index is 1.43. The Morgan fingerprint density at radius 1 is 1.31 bits per heavy atom. The standard InChI is InChI=1S/C26H27FN4O4/c1-26(2)12-35-19(26)11-34-18-10-28-8-7-13(18)22-23(29-16-6-4-5-15(27)24(16)33-3)20-21(31-22)14-9-17(14)30-25(20)32/h4-8,10,14,17,19,29,31H,9,11-12H2,1-3H3,(H,30,32)/t14-,17+,19-/m0/s1. The van der Waals surface area contributed by atoms with Crippen LogP contribution in [-0.2, 0) is 4.74 Å². The van der Waals surface area contributed by atoms with E-state index < -0.39 is 5.82 Å². The van der Waals surface area contributed by atoms with Crippen molar-refractivity contribution < 1.29 is 23.4 Å². The number of ether oxygens (including phenoxy) is 3. The highest BCUT2D eigenvalue weighted by molar-refractivity contribution is 6.07. The second-order valence-corrected chi connectivity index (χ2v) is 10.0. The number of fused-ring (bicyclic) bond motifs is 3. The second-order valence-electron chi connectivity index (χ2n) is 10.0. The minimum Gasteiger partial charge on any atom is -0.492 e. The molecule has 182 valence electrons. The van der Waals surface area contributed by atoms with E-state index in [0.717, 1.165) is 17.7 Å². The van der Waals surface area contributed by atoms with Crippen molar-refractivity contribution in [2.45, 2.75) is 38.3 Å². The van der Waals surface area contributed by atoms with Gasteiger partial charge in [0.2, 0.25) is 0 Å². The Labute approximate surface area is 202 Å². The molecule has 6 rings (SSSR count). The maximum atomic E-state index is 14.4. The molecule has 0 radical (unpaired) electrons. The molecule has 3 aliphatic rings. The first-order valence-electron chi connectivity index (χ1n) is 11.7. The lowest BCUT2D eigenvalue weighted by molar-refractivity contribution is -0.180. The normalized spacial score (nSPS) is 23.4. The number of H-pyrrole nitrogens is 1. The number of halogens is 1. The summed E-state index contributed by atoms with van der Waals surface area (Å²) in [6, 6.07) is 6.63. The van der Waals surface area contributed by atoms with Crippen LogP contribution >= 0.6 is 0 Å². The van der Waals surface area contributed by atoms with E-state index in [-0.39, 0.29) is 35.1 Å². The van der Waals surface area contributed by atoms with E-state index >= 15 is 0 Å². The molecule has 2 fully saturated rings. The van der Waals surface area contributed by atoms with Crippen LogP contribution in [0.25, 0.3) is 11.3 Å². The lowest BCUT2D eigenvalue weighted by atomic mass is 9.83. The molecule has 3 N–H and O–H groups in total. The van der Waals surface area contributed by atoms with Gasteiger partial charge in [0.25, 0.3) is 5.91 Å². The number of rotatable bonds is 7. The molecule has 2 aliphatic heterocycles. The molecule has 0 spiro atoms. The van der Waals surface area contributed by atoms with Crippen LogP contribution in [0.4, 0.5) is 15.8 Å². The molecule has 0 unspecified atom stereocenters. The fourth-order valence-electron chi connectivity index (χ4n) is 4.90. The number of hydrogen-bond donors (Lipinski definition) is 3. The first-order chi connectivity index (χ1) is 16.9. The molecule has 9 heteroatoms. The molecule has 3 aromatic rings. The number of nitrogens with zero attached hydrogens (tertiary/aromatic N) is 1. The molecule has 1 saturated carbocycles. The molecule has 1 aromatic carbocycles. The zero-order valence-electron chi connectivity index (χ0n) is 19.8. The van der Waals surface area contributed by atoms with Crippen molar-refractivity contribution >= 4 is 17.3 Å². The Morgan fingerprint density at radius 3 is 2.91 bits per heavy atom. The molecular formula is C26H27FN4O4. The third-order valence-electron chi connectivity index (χ3n) is 7.14. The number of pyridine rings is 1. The van der Waals surface area contributed by atoms with E-state index in [1.807, 2.05) is 6.07 Å². The number of hydrogen-bond acceptors (Lipinski definition) is 6. The van der Waals surface area contributed by atoms with Gasteiger partial charge in [-0.1, -0.05) is 19.9 Å². The Morgan fingerprint density at radius 2 is 2.17 bits per heavy atom. The lowest BCUT2D eigenvalue weighted by Gasteiger charge is -2.43. The van der Waals surface area contributed by atoms with Crippen LogP contribution in [0.15, 0.2) is 36.7 Å². The van der Waals surface area contributed by atoms with Gasteiger partial charge in [0.05, 0.1) is 48.6 Å². The van der Waals surface area contributed by atoms with Crippen molar-refractivity contribution in [2.75, 3.05) is 25.6 Å². The number of carbonyl (C=O) groups is 1. The molecule has 35 heavy (non-hydrogen) atoms. The highest BCUT2D eigenvalue weighted by Gasteiger charge is 2.48. The summed E-state index contributed by atoms with van der Waals surface area (Å²) in [5.74, 6) is 0.206. The van der Waals surface area contributed by atoms with Gasteiger partial charge in [0.1, 0.15) is 12.4 Å². The first kappa shape index (κ1) is 21.9. The Hall–Kier alpha value is -3.59. The van der Waals surface area contributed by atoms with E-state index in [2.05, 4.69) is 34.4 Å². The molecule has 1 amide bonds. The van der Waals surface area contributed by atoms with Gasteiger partial charge in [-0.15, -0.1) is 0 Å². The third kappa shape index (κ3) is 3.61. The number of aromatic amines is 1. The largest absolute Gasteiger partial charge is 0.492 e. The Kier molecular flexibility index (Phi) is 5.00. The van der Waals surface area contributed by atoms with Gasteiger partial charge in [-0.25, -0.2) is 4.39 Å². The van der Waals surface area contributed by atoms with Gasteiger partial charge in [0, 0.05) is 34.8 Å². The topological polar surface area (TPSA) is 97.5 Å². The van der Waals surface area contributed by atoms with Crippen LogP contribution < -0.4 is 20.1 Å². The number of aromatic nitrogens is 2. The Bertz CT molecular complexity index is 1320. The average Bonchev–Trinajstić information content (AvgIpc) is 3.51. The van der Waals surface area contributed by atoms with E-state index in [4.69, 9.17) is 14.2 Å². The number of anilines is 2. The van der Waals surface area contributed by atoms with Crippen molar-refractivity contribution in [2.24, 2.45) is 5.41 Å². The summed E-state index contributed by atoms with van der Waals surface area (Å²) in [6.45, 7) is 5.38. The minimum absolute atomic E-state index is 0.0143. The number of nitrogens with one attached hydrogen (secondary N) is 3. The summed E-state index contributed by atoms with van der Waals surface area (Å²) in [7, 11) is 1.41. The van der Waals surface area contributed by atoms with Crippen molar-refractivity contribution in [1.82, 2.24) is 15.3 Å². The summed E-state index contributed by atoms with van der Waals surface area (Å²) >= 11 is 0. The van der Waals surface area contributed by atoms with Crippen molar-refractivity contribution in [3.05, 3.63) is 53.7 Å². The van der Waals surface area contributed by atoms with Gasteiger partial charge in [-0.2, -0.15) is 0 Å². The van der Waals surface area contributed by atoms with Crippen LogP contribution in [0.5, 0.6) is 11.5 Å². The molecule has 3 atom stereocenters. The summed E-state index contributed by atoms with van der Waals surface area (Å²) in [6.07, 6.45) is 4.21. The summed E-state index contributed by atoms with van der Waals surface area (Å²) < 4.78 is 31.6. The van der Waals surface area contributed by atoms with E-state index in [9.17, 15) is 9.18 Å². The monoisotopic (exact) mass is 478 g/mol. The first-order valence-corrected chi connectivity index (χ1v) is 11.7. The minimum atomic E-state index is -0.494. The van der Waals surface area contributed by atoms with Gasteiger partial charge in [0.15, 0.2) is 11.6 Å². The highest BCUT2D eigenvalue weighted by Crippen LogP contribution is 2.51. The van der Waals surface area contributed by atoms with Crippen LogP contribution in [0.3, 0.4) is 0 Å². The van der Waals surface area contributed by atoms with Crippen LogP contribution in [0.2, 0.25) is 0 Å². The van der Waals surface area contributed by atoms with Gasteiger partial charge >= 0.3 is 0 Å². The maximum Gasteiger partial charge on any atom is 0.255 e. The van der Waals surface area contributed by atoms with Crippen molar-refractivity contribution in [3.8, 4) is 22.8 Å². The summed E-state index contributed by atoms with van der Waals surface area (Å²) in [5, 5.41) is 6.33. The van der Waals surface area contributed by atoms with E-state index in [1.54, 1.807) is 24.5 Å². The van der Waals surface area contributed by atoms with Crippen LogP contribution in [-0.4, -0.2) is 48.3 Å². The zero-order chi connectivity index (χ0) is 24.3. The number of methoxy groups -OCH3 is 1. The zero-order valence-corrected chi connectivity index (χ0v) is 19.8. The van der Waals surface area contributed by atoms with Crippen molar-refractivity contribution in [3.63, 3.8) is 0 Å². The molecule has 1 saturated heterocycles. The molecule has 8 nitrogen and oxygen atoms in total. The van der Waals surface area contributed by atoms with Crippen LogP contribution in [0, 0.1) is 11.2 Å². The highest BCUT2D eigenvalue weighted by atomic mass is 19.1. The third-order valence-corrected chi connectivity index (χ3v) is 7.14. The number of para-hydroxylation sites is 1. The van der Waals surface area contributed by atoms with Gasteiger partial charge in [-0.05, 0) is 24.6 Å². The summed E-state index contributed by atoms with van der Waals surface area (Å²) in [5.41, 5.74) is 3.83. The molecule has 2 aromatic heterocycles. The SMILES string of the molecule is COc1c(F)cccc1Nc1c(-c2ccncc2OC[C@@H]2OCC2(C)C)[nH]c2c1C(=O)N[C@@H]1C[C@H]21. The predicted molar refractivity (Wildman–Crippen MR) is 128 cm³/mol. The average molecular weight is 479 g/mol. The molecule has 1 aliphatic carbocycles. The van der Waals surface area contributed by atoms with Gasteiger partial charge in [-0.3, -0.25) is 9.78 Å². The molecule has 4 heterocycles.